The van der Waals surface area contributed by atoms with Gasteiger partial charge in [-0.05, 0) is 43.4 Å². The van der Waals surface area contributed by atoms with Gasteiger partial charge in [0.25, 0.3) is 0 Å². The van der Waals surface area contributed by atoms with Gasteiger partial charge >= 0.3 is 5.97 Å². The largest absolute Gasteiger partial charge is 0.481 e. The predicted molar refractivity (Wildman–Crippen MR) is 88.7 cm³/mol. The van der Waals surface area contributed by atoms with Crippen LogP contribution in [0.25, 0.3) is 0 Å². The van der Waals surface area contributed by atoms with E-state index in [1.54, 1.807) is 11.9 Å². The molecule has 22 heavy (non-hydrogen) atoms. The number of halogens is 2. The number of nitrogens with zero attached hydrogens (tertiary/aromatic N) is 1. The summed E-state index contributed by atoms with van der Waals surface area (Å²) < 4.78 is 0.905. The van der Waals surface area contributed by atoms with E-state index in [0.29, 0.717) is 37.3 Å². The summed E-state index contributed by atoms with van der Waals surface area (Å²) in [5.74, 6) is -1.05. The molecule has 1 fully saturated rings. The minimum absolute atomic E-state index is 0.0721. The molecule has 1 aliphatic carbocycles. The Hall–Kier alpha value is -1.07. The van der Waals surface area contributed by atoms with Crippen molar-refractivity contribution in [2.24, 2.45) is 11.8 Å². The third-order valence-electron chi connectivity index (χ3n) is 4.22. The van der Waals surface area contributed by atoms with Crippen LogP contribution in [0.3, 0.4) is 0 Å². The van der Waals surface area contributed by atoms with E-state index in [2.05, 4.69) is 15.9 Å². The van der Waals surface area contributed by atoms with Crippen molar-refractivity contribution in [3.8, 4) is 0 Å². The van der Waals surface area contributed by atoms with Crippen LogP contribution in [0.4, 0.5) is 0 Å². The lowest BCUT2D eigenvalue weighted by atomic mass is 9.81. The second-order valence-electron chi connectivity index (χ2n) is 5.82. The monoisotopic (exact) mass is 387 g/mol. The summed E-state index contributed by atoms with van der Waals surface area (Å²) >= 11 is 9.54. The van der Waals surface area contributed by atoms with Gasteiger partial charge in [-0.25, -0.2) is 0 Å². The normalized spacial score (nSPS) is 21.4. The van der Waals surface area contributed by atoms with Crippen molar-refractivity contribution in [3.63, 3.8) is 0 Å². The van der Waals surface area contributed by atoms with Crippen molar-refractivity contribution >= 4 is 39.4 Å². The Morgan fingerprint density at radius 2 is 1.86 bits per heavy atom. The van der Waals surface area contributed by atoms with Crippen LogP contribution in [0, 0.1) is 11.8 Å². The van der Waals surface area contributed by atoms with Gasteiger partial charge in [0.15, 0.2) is 0 Å². The number of amides is 1. The van der Waals surface area contributed by atoms with E-state index in [0.717, 1.165) is 10.0 Å². The summed E-state index contributed by atoms with van der Waals surface area (Å²) in [4.78, 5) is 25.1. The Bertz CT molecular complexity index is 571. The molecule has 1 aromatic carbocycles. The molecule has 0 bridgehead atoms. The molecule has 0 heterocycles. The Labute approximate surface area is 143 Å². The first-order chi connectivity index (χ1) is 10.4. The number of benzene rings is 1. The maximum atomic E-state index is 12.5. The third-order valence-corrected chi connectivity index (χ3v) is 5.07. The number of carbonyl (C=O) groups is 2. The molecule has 4 nitrogen and oxygen atoms in total. The number of carbonyl (C=O) groups excluding carboxylic acids is 1. The Morgan fingerprint density at radius 3 is 2.41 bits per heavy atom. The van der Waals surface area contributed by atoms with Gasteiger partial charge in [-0.3, -0.25) is 9.59 Å². The van der Waals surface area contributed by atoms with E-state index in [1.807, 2.05) is 18.2 Å². The summed E-state index contributed by atoms with van der Waals surface area (Å²) in [5, 5.41) is 9.63. The highest BCUT2D eigenvalue weighted by atomic mass is 79.9. The van der Waals surface area contributed by atoms with Gasteiger partial charge in [0.05, 0.1) is 5.92 Å². The zero-order valence-corrected chi connectivity index (χ0v) is 14.7. The molecule has 0 radical (unpaired) electrons. The summed E-state index contributed by atoms with van der Waals surface area (Å²) in [7, 11) is 1.77. The van der Waals surface area contributed by atoms with Gasteiger partial charge in [-0.2, -0.15) is 0 Å². The van der Waals surface area contributed by atoms with Crippen LogP contribution in [0.15, 0.2) is 22.7 Å². The van der Waals surface area contributed by atoms with Crippen molar-refractivity contribution in [3.05, 3.63) is 33.3 Å². The van der Waals surface area contributed by atoms with Gasteiger partial charge in [0, 0.05) is 29.0 Å². The van der Waals surface area contributed by atoms with Crippen molar-refractivity contribution in [1.29, 1.82) is 0 Å². The van der Waals surface area contributed by atoms with Crippen LogP contribution in [-0.4, -0.2) is 28.9 Å². The SMILES string of the molecule is CN(Cc1ccc(Br)cc1Cl)C(=O)C1CCC(C(=O)O)CC1. The van der Waals surface area contributed by atoms with Crippen LogP contribution in [0.2, 0.25) is 5.02 Å². The van der Waals surface area contributed by atoms with Crippen LogP contribution in [0.5, 0.6) is 0 Å². The van der Waals surface area contributed by atoms with E-state index in [1.165, 1.54) is 0 Å². The average molecular weight is 389 g/mol. The molecule has 120 valence electrons. The molecule has 1 saturated carbocycles. The molecular formula is C16H19BrClNO3. The number of hydrogen-bond donors (Lipinski definition) is 1. The van der Waals surface area contributed by atoms with E-state index in [9.17, 15) is 9.59 Å². The summed E-state index contributed by atoms with van der Waals surface area (Å²) in [5.41, 5.74) is 0.903. The topological polar surface area (TPSA) is 57.6 Å². The van der Waals surface area contributed by atoms with Gasteiger partial charge in [0.2, 0.25) is 5.91 Å². The zero-order chi connectivity index (χ0) is 16.3. The van der Waals surface area contributed by atoms with Gasteiger partial charge in [-0.15, -0.1) is 0 Å². The molecule has 6 heteroatoms. The Morgan fingerprint density at radius 1 is 1.27 bits per heavy atom. The van der Waals surface area contributed by atoms with E-state index < -0.39 is 5.97 Å². The molecule has 1 N–H and O–H groups in total. The Balaban J connectivity index is 1.94. The van der Waals surface area contributed by atoms with Gasteiger partial charge < -0.3 is 10.0 Å². The van der Waals surface area contributed by atoms with Crippen molar-refractivity contribution in [1.82, 2.24) is 4.90 Å². The highest BCUT2D eigenvalue weighted by Gasteiger charge is 2.31. The van der Waals surface area contributed by atoms with Gasteiger partial charge in [-0.1, -0.05) is 33.6 Å². The minimum atomic E-state index is -0.749. The summed E-state index contributed by atoms with van der Waals surface area (Å²) in [6, 6.07) is 5.61. The molecule has 1 aromatic rings. The number of carboxylic acid groups (broad SMARTS) is 1. The maximum absolute atomic E-state index is 12.5. The van der Waals surface area contributed by atoms with Crippen LogP contribution in [0.1, 0.15) is 31.2 Å². The van der Waals surface area contributed by atoms with Gasteiger partial charge in [0.1, 0.15) is 0 Å². The second-order valence-corrected chi connectivity index (χ2v) is 7.14. The first-order valence-electron chi connectivity index (χ1n) is 7.30. The molecule has 1 aliphatic rings. The molecule has 0 unspecified atom stereocenters. The molecule has 0 spiro atoms. The van der Waals surface area contributed by atoms with Crippen molar-refractivity contribution in [2.45, 2.75) is 32.2 Å². The lowest BCUT2D eigenvalue weighted by Gasteiger charge is -2.29. The van der Waals surface area contributed by atoms with Crippen LogP contribution < -0.4 is 0 Å². The molecule has 0 saturated heterocycles. The lowest BCUT2D eigenvalue weighted by molar-refractivity contribution is -0.145. The van der Waals surface area contributed by atoms with Crippen LogP contribution >= 0.6 is 27.5 Å². The Kier molecular flexibility index (Phi) is 5.87. The molecule has 1 amide bonds. The van der Waals surface area contributed by atoms with Crippen molar-refractivity contribution < 1.29 is 14.7 Å². The van der Waals surface area contributed by atoms with E-state index in [4.69, 9.17) is 16.7 Å². The average Bonchev–Trinajstić information content (AvgIpc) is 2.49. The minimum Gasteiger partial charge on any atom is -0.481 e. The number of rotatable bonds is 4. The number of hydrogen-bond acceptors (Lipinski definition) is 2. The molecule has 2 rings (SSSR count). The highest BCUT2D eigenvalue weighted by molar-refractivity contribution is 9.10. The summed E-state index contributed by atoms with van der Waals surface area (Å²) in [6.45, 7) is 0.462. The quantitative estimate of drug-likeness (QED) is 0.849. The second kappa shape index (κ2) is 7.47. The van der Waals surface area contributed by atoms with Crippen LogP contribution in [-0.2, 0) is 16.1 Å². The molecule has 0 aliphatic heterocycles. The maximum Gasteiger partial charge on any atom is 0.306 e. The number of carboxylic acids is 1. The van der Waals surface area contributed by atoms with E-state index in [-0.39, 0.29) is 17.7 Å². The first-order valence-corrected chi connectivity index (χ1v) is 8.47. The molecule has 0 atom stereocenters. The fourth-order valence-corrected chi connectivity index (χ4v) is 3.62. The molecular weight excluding hydrogens is 370 g/mol. The summed E-state index contributed by atoms with van der Waals surface area (Å²) in [6.07, 6.45) is 2.46. The highest BCUT2D eigenvalue weighted by Crippen LogP contribution is 2.30. The smallest absolute Gasteiger partial charge is 0.306 e. The fourth-order valence-electron chi connectivity index (χ4n) is 2.88. The zero-order valence-electron chi connectivity index (χ0n) is 12.4. The third kappa shape index (κ3) is 4.23. The lowest BCUT2D eigenvalue weighted by Crippen LogP contribution is -2.35. The number of aliphatic carboxylic acids is 1. The molecule has 0 aromatic heterocycles. The fraction of sp³-hybridized carbons (Fsp3) is 0.500. The van der Waals surface area contributed by atoms with E-state index >= 15 is 0 Å². The standard InChI is InChI=1S/C16H19BrClNO3/c1-19(9-12-6-7-13(17)8-14(12)18)15(20)10-2-4-11(5-3-10)16(21)22/h6-8,10-11H,2-5,9H2,1H3,(H,21,22). The predicted octanol–water partition coefficient (Wildman–Crippen LogP) is 3.95. The first kappa shape index (κ1) is 17.3. The van der Waals surface area contributed by atoms with Crippen molar-refractivity contribution in [2.75, 3.05) is 7.05 Å².